The fourth-order valence-electron chi connectivity index (χ4n) is 2.79. The molecule has 1 amide bonds. The summed E-state index contributed by atoms with van der Waals surface area (Å²) in [7, 11) is 0. The Morgan fingerprint density at radius 2 is 1.89 bits per heavy atom. The van der Waals surface area contributed by atoms with Crippen molar-refractivity contribution in [3.05, 3.63) is 64.4 Å². The zero-order valence-corrected chi connectivity index (χ0v) is 16.4. The summed E-state index contributed by atoms with van der Waals surface area (Å²) in [6.07, 6.45) is 1.18. The molecule has 142 valence electrons. The maximum Gasteiger partial charge on any atom is 0.268 e. The lowest BCUT2D eigenvalue weighted by molar-refractivity contribution is -0.121. The number of nitrogens with one attached hydrogen (secondary N) is 1. The first-order chi connectivity index (χ1) is 13.0. The summed E-state index contributed by atoms with van der Waals surface area (Å²) in [4.78, 5) is 24.3. The van der Waals surface area contributed by atoms with E-state index in [1.54, 1.807) is 3.96 Å². The van der Waals surface area contributed by atoms with Gasteiger partial charge in [-0.15, -0.1) is 0 Å². The Kier molecular flexibility index (Phi) is 6.29. The molecular formula is C21H24N2O3S. The summed E-state index contributed by atoms with van der Waals surface area (Å²) in [6, 6.07) is 15.3. The molecule has 0 aliphatic heterocycles. The number of fused-ring (bicyclic) bond motifs is 1. The molecule has 6 heteroatoms. The van der Waals surface area contributed by atoms with E-state index < -0.39 is 0 Å². The van der Waals surface area contributed by atoms with Gasteiger partial charge in [0.15, 0.2) is 0 Å². The number of ether oxygens (including phenoxy) is 1. The van der Waals surface area contributed by atoms with Crippen LogP contribution in [0.5, 0.6) is 5.75 Å². The number of benzene rings is 2. The highest BCUT2D eigenvalue weighted by Crippen LogP contribution is 2.16. The fraction of sp³-hybridized carbons (Fsp3) is 0.333. The van der Waals surface area contributed by atoms with E-state index in [0.29, 0.717) is 25.9 Å². The summed E-state index contributed by atoms with van der Waals surface area (Å²) in [5.74, 6) is 0.820. The first-order valence-corrected chi connectivity index (χ1v) is 9.91. The lowest BCUT2D eigenvalue weighted by Crippen LogP contribution is -2.23. The molecule has 1 aromatic heterocycles. The van der Waals surface area contributed by atoms with E-state index in [9.17, 15) is 9.59 Å². The maximum atomic E-state index is 12.3. The molecule has 0 aliphatic rings. The number of hydrogen-bond acceptors (Lipinski definition) is 4. The highest BCUT2D eigenvalue weighted by molar-refractivity contribution is 7.13. The van der Waals surface area contributed by atoms with Gasteiger partial charge < -0.3 is 10.1 Å². The first kappa shape index (κ1) is 19.2. The first-order valence-electron chi connectivity index (χ1n) is 9.14. The molecule has 5 nitrogen and oxygen atoms in total. The number of hydrogen-bond donors (Lipinski definition) is 1. The average molecular weight is 385 g/mol. The highest BCUT2D eigenvalue weighted by atomic mass is 32.1. The monoisotopic (exact) mass is 384 g/mol. The molecule has 0 saturated carbocycles. The Morgan fingerprint density at radius 3 is 2.59 bits per heavy atom. The van der Waals surface area contributed by atoms with Gasteiger partial charge in [-0.3, -0.25) is 13.5 Å². The summed E-state index contributed by atoms with van der Waals surface area (Å²) in [6.45, 7) is 5.03. The van der Waals surface area contributed by atoms with Gasteiger partial charge in [0.05, 0.1) is 16.2 Å². The predicted molar refractivity (Wildman–Crippen MR) is 109 cm³/mol. The zero-order chi connectivity index (χ0) is 19.2. The number of carbonyl (C=O) groups is 1. The van der Waals surface area contributed by atoms with Gasteiger partial charge in [0.1, 0.15) is 5.75 Å². The molecule has 0 saturated heterocycles. The molecule has 3 rings (SSSR count). The zero-order valence-electron chi connectivity index (χ0n) is 15.6. The third-order valence-electron chi connectivity index (χ3n) is 4.10. The smallest absolute Gasteiger partial charge is 0.268 e. The number of aryl methyl sites for hydroxylation is 1. The van der Waals surface area contributed by atoms with Crippen LogP contribution in [0.4, 0.5) is 0 Å². The van der Waals surface area contributed by atoms with E-state index in [2.05, 4.69) is 5.32 Å². The Hall–Kier alpha value is -2.60. The van der Waals surface area contributed by atoms with Gasteiger partial charge in [0, 0.05) is 19.5 Å². The number of rotatable bonds is 8. The van der Waals surface area contributed by atoms with Crippen molar-refractivity contribution in [3.63, 3.8) is 0 Å². The van der Waals surface area contributed by atoms with Crippen LogP contribution >= 0.6 is 11.5 Å². The molecule has 0 aliphatic carbocycles. The van der Waals surface area contributed by atoms with Crippen LogP contribution < -0.4 is 15.6 Å². The molecule has 0 spiro atoms. The van der Waals surface area contributed by atoms with Crippen LogP contribution in [0.1, 0.15) is 32.3 Å². The molecule has 1 heterocycles. The minimum absolute atomic E-state index is 0.00772. The van der Waals surface area contributed by atoms with E-state index in [4.69, 9.17) is 4.74 Å². The van der Waals surface area contributed by atoms with Crippen molar-refractivity contribution in [1.29, 1.82) is 0 Å². The summed E-state index contributed by atoms with van der Waals surface area (Å²) < 4.78 is 8.32. The Balaban J connectivity index is 1.44. The topological polar surface area (TPSA) is 60.3 Å². The van der Waals surface area contributed by atoms with Crippen molar-refractivity contribution >= 4 is 27.5 Å². The van der Waals surface area contributed by atoms with Crippen molar-refractivity contribution < 1.29 is 9.53 Å². The number of nitrogens with zero attached hydrogens (tertiary/aromatic N) is 1. The van der Waals surface area contributed by atoms with Crippen LogP contribution in [0.2, 0.25) is 0 Å². The van der Waals surface area contributed by atoms with Crippen molar-refractivity contribution in [2.24, 2.45) is 0 Å². The molecule has 0 fully saturated rings. The fourth-order valence-corrected chi connectivity index (χ4v) is 3.83. The van der Waals surface area contributed by atoms with Crippen LogP contribution in [0.15, 0.2) is 53.3 Å². The van der Waals surface area contributed by atoms with E-state index in [1.807, 2.05) is 62.4 Å². The molecule has 1 N–H and O–H groups in total. The maximum absolute atomic E-state index is 12.3. The molecule has 2 aromatic carbocycles. The second-order valence-electron chi connectivity index (χ2n) is 6.69. The Labute approximate surface area is 162 Å². The van der Waals surface area contributed by atoms with E-state index >= 15 is 0 Å². The molecule has 0 bridgehead atoms. The molecule has 0 radical (unpaired) electrons. The van der Waals surface area contributed by atoms with Crippen LogP contribution in [0.25, 0.3) is 10.1 Å². The second kappa shape index (κ2) is 8.86. The van der Waals surface area contributed by atoms with Gasteiger partial charge in [-0.25, -0.2) is 0 Å². The summed E-state index contributed by atoms with van der Waals surface area (Å²) in [5.41, 5.74) is 1.06. The normalized spacial score (nSPS) is 11.1. The quantitative estimate of drug-likeness (QED) is 0.640. The van der Waals surface area contributed by atoms with Gasteiger partial charge in [-0.2, -0.15) is 0 Å². The average Bonchev–Trinajstić information content (AvgIpc) is 2.97. The molecule has 0 atom stereocenters. The van der Waals surface area contributed by atoms with Crippen molar-refractivity contribution in [2.75, 3.05) is 0 Å². The minimum atomic E-state index is -0.00772. The molecule has 0 unspecified atom stereocenters. The van der Waals surface area contributed by atoms with Gasteiger partial charge >= 0.3 is 0 Å². The molecular weight excluding hydrogens is 360 g/mol. The third-order valence-corrected chi connectivity index (χ3v) is 5.22. The van der Waals surface area contributed by atoms with Crippen molar-refractivity contribution in [2.45, 2.75) is 45.9 Å². The van der Waals surface area contributed by atoms with Crippen LogP contribution in [0.3, 0.4) is 0 Å². The van der Waals surface area contributed by atoms with Crippen LogP contribution in [0, 0.1) is 0 Å². The summed E-state index contributed by atoms with van der Waals surface area (Å²) >= 11 is 1.45. The second-order valence-corrected chi connectivity index (χ2v) is 7.75. The lowest BCUT2D eigenvalue weighted by Gasteiger charge is -2.10. The predicted octanol–water partition coefficient (Wildman–Crippen LogP) is 3.95. The Bertz CT molecular complexity index is 957. The SMILES string of the molecule is CC(C)Oc1ccc(CNC(=O)CCCn2sc3ccccc3c2=O)cc1. The third kappa shape index (κ3) is 5.20. The largest absolute Gasteiger partial charge is 0.491 e. The standard InChI is InChI=1S/C21H24N2O3S/c1-15(2)26-17-11-9-16(10-12-17)14-22-20(24)8-5-13-23-21(25)18-6-3-4-7-19(18)27-23/h3-4,6-7,9-12,15H,5,8,13-14H2,1-2H3,(H,22,24). The van der Waals surface area contributed by atoms with Gasteiger partial charge in [-0.05, 0) is 50.1 Å². The van der Waals surface area contributed by atoms with E-state index in [1.165, 1.54) is 11.5 Å². The van der Waals surface area contributed by atoms with Crippen LogP contribution in [-0.2, 0) is 17.9 Å². The van der Waals surface area contributed by atoms with Crippen molar-refractivity contribution in [3.8, 4) is 5.75 Å². The van der Waals surface area contributed by atoms with Crippen molar-refractivity contribution in [1.82, 2.24) is 9.27 Å². The summed E-state index contributed by atoms with van der Waals surface area (Å²) in [5, 5.41) is 3.67. The Morgan fingerprint density at radius 1 is 1.15 bits per heavy atom. The minimum Gasteiger partial charge on any atom is -0.491 e. The van der Waals surface area contributed by atoms with Crippen LogP contribution in [-0.4, -0.2) is 16.0 Å². The van der Waals surface area contributed by atoms with E-state index in [0.717, 1.165) is 21.4 Å². The number of aromatic nitrogens is 1. The van der Waals surface area contributed by atoms with Gasteiger partial charge in [0.2, 0.25) is 5.91 Å². The molecule has 27 heavy (non-hydrogen) atoms. The lowest BCUT2D eigenvalue weighted by atomic mass is 10.2. The van der Waals surface area contributed by atoms with Gasteiger partial charge in [-0.1, -0.05) is 35.8 Å². The van der Waals surface area contributed by atoms with Gasteiger partial charge in [0.25, 0.3) is 5.56 Å². The number of carbonyl (C=O) groups excluding carboxylic acids is 1. The molecule has 3 aromatic rings. The number of amides is 1. The van der Waals surface area contributed by atoms with E-state index in [-0.39, 0.29) is 17.6 Å². The highest BCUT2D eigenvalue weighted by Gasteiger charge is 2.08.